The normalized spacial score (nSPS) is 17.3. The number of aliphatic carboxylic acids is 1. The van der Waals surface area contributed by atoms with E-state index < -0.39 is 12.1 Å². The molecule has 1 saturated heterocycles. The highest BCUT2D eigenvalue weighted by atomic mass is 32.2. The van der Waals surface area contributed by atoms with Gasteiger partial charge in [-0.15, -0.1) is 0 Å². The average molecular weight is 412 g/mol. The molecule has 29 heavy (non-hydrogen) atoms. The van der Waals surface area contributed by atoms with Crippen LogP contribution in [0.15, 0.2) is 52.4 Å². The van der Waals surface area contributed by atoms with Gasteiger partial charge in [0.25, 0.3) is 5.91 Å². The molecule has 1 fully saturated rings. The number of carbonyl (C=O) groups is 2. The Morgan fingerprint density at radius 3 is 2.62 bits per heavy atom. The van der Waals surface area contributed by atoms with E-state index in [1.165, 1.54) is 25.8 Å². The topological polar surface area (TPSA) is 97.2 Å². The quantitative estimate of drug-likeness (QED) is 0.702. The van der Waals surface area contributed by atoms with Crippen molar-refractivity contribution in [2.75, 3.05) is 7.11 Å². The molecule has 150 valence electrons. The number of para-hydroxylation sites is 1. The molecule has 2 aromatic rings. The number of nitrogens with zero attached hydrogens (tertiary/aromatic N) is 1. The highest BCUT2D eigenvalue weighted by molar-refractivity contribution is 8.18. The number of aryl methyl sites for hydroxylation is 1. The van der Waals surface area contributed by atoms with E-state index in [0.29, 0.717) is 21.4 Å². The van der Waals surface area contributed by atoms with Gasteiger partial charge in [0.2, 0.25) is 0 Å². The van der Waals surface area contributed by atoms with E-state index in [9.17, 15) is 9.59 Å². The van der Waals surface area contributed by atoms with Crippen LogP contribution in [0, 0.1) is 6.92 Å². The van der Waals surface area contributed by atoms with Crippen LogP contribution in [0.25, 0.3) is 6.08 Å². The number of rotatable bonds is 6. The molecule has 1 aliphatic rings. The fourth-order valence-corrected chi connectivity index (χ4v) is 3.35. The summed E-state index contributed by atoms with van der Waals surface area (Å²) in [5.74, 6) is -0.755. The molecular weight excluding hydrogens is 392 g/mol. The number of nitrogens with one attached hydrogen (secondary N) is 1. The third-order valence-corrected chi connectivity index (χ3v) is 4.98. The highest BCUT2D eigenvalue weighted by Crippen LogP contribution is 2.36. The van der Waals surface area contributed by atoms with Crippen molar-refractivity contribution in [1.29, 1.82) is 0 Å². The number of carboxylic acids is 1. The van der Waals surface area contributed by atoms with Gasteiger partial charge in [-0.3, -0.25) is 4.79 Å². The molecule has 7 nitrogen and oxygen atoms in total. The monoisotopic (exact) mass is 412 g/mol. The smallest absolute Gasteiger partial charge is 0.344 e. The van der Waals surface area contributed by atoms with Gasteiger partial charge in [0.1, 0.15) is 0 Å². The maximum absolute atomic E-state index is 12.4. The first-order chi connectivity index (χ1) is 13.9. The minimum Gasteiger partial charge on any atom is -0.493 e. The first kappa shape index (κ1) is 20.5. The van der Waals surface area contributed by atoms with E-state index in [4.69, 9.17) is 14.6 Å². The molecule has 0 radical (unpaired) electrons. The lowest BCUT2D eigenvalue weighted by molar-refractivity contribution is -0.144. The van der Waals surface area contributed by atoms with Crippen LogP contribution in [-0.2, 0) is 9.59 Å². The third-order valence-electron chi connectivity index (χ3n) is 4.07. The molecular formula is C21H20N2O5S. The number of ether oxygens (including phenoxy) is 2. The summed E-state index contributed by atoms with van der Waals surface area (Å²) in [5, 5.41) is 12.4. The Balaban J connectivity index is 1.90. The summed E-state index contributed by atoms with van der Waals surface area (Å²) in [7, 11) is 1.47. The molecule has 1 aliphatic heterocycles. The molecule has 2 N–H and O–H groups in total. The number of amidine groups is 1. The number of thioether (sulfide) groups is 1. The lowest BCUT2D eigenvalue weighted by Gasteiger charge is -2.16. The average Bonchev–Trinajstić information content (AvgIpc) is 3.03. The van der Waals surface area contributed by atoms with Gasteiger partial charge in [0, 0.05) is 5.56 Å². The molecule has 3 rings (SSSR count). The van der Waals surface area contributed by atoms with E-state index >= 15 is 0 Å². The maximum Gasteiger partial charge on any atom is 0.344 e. The van der Waals surface area contributed by atoms with E-state index in [-0.39, 0.29) is 11.7 Å². The van der Waals surface area contributed by atoms with E-state index in [1.54, 1.807) is 24.3 Å². The molecule has 0 bridgehead atoms. The fourth-order valence-electron chi connectivity index (χ4n) is 2.52. The number of aliphatic imine (C=N–C) groups is 1. The second-order valence-electron chi connectivity index (χ2n) is 6.29. The van der Waals surface area contributed by atoms with Crippen LogP contribution < -0.4 is 14.8 Å². The second-order valence-corrected chi connectivity index (χ2v) is 7.32. The first-order valence-electron chi connectivity index (χ1n) is 8.80. The number of hydrogen-bond acceptors (Lipinski definition) is 6. The zero-order chi connectivity index (χ0) is 21.0. The highest BCUT2D eigenvalue weighted by Gasteiger charge is 2.25. The molecule has 0 aliphatic carbocycles. The molecule has 1 heterocycles. The van der Waals surface area contributed by atoms with E-state index in [0.717, 1.165) is 11.3 Å². The Bertz CT molecular complexity index is 999. The van der Waals surface area contributed by atoms with Gasteiger partial charge in [-0.2, -0.15) is 0 Å². The lowest BCUT2D eigenvalue weighted by atomic mass is 10.1. The number of hydrogen-bond donors (Lipinski definition) is 2. The summed E-state index contributed by atoms with van der Waals surface area (Å²) < 4.78 is 10.9. The van der Waals surface area contributed by atoms with Crippen molar-refractivity contribution in [3.05, 3.63) is 58.5 Å². The first-order valence-corrected chi connectivity index (χ1v) is 9.61. The number of carboxylic acid groups (broad SMARTS) is 1. The molecule has 1 amide bonds. The van der Waals surface area contributed by atoms with Crippen molar-refractivity contribution in [1.82, 2.24) is 5.32 Å². The number of amides is 1. The molecule has 0 spiro atoms. The van der Waals surface area contributed by atoms with Crippen LogP contribution in [0.3, 0.4) is 0 Å². The molecule has 1 atom stereocenters. The number of benzene rings is 2. The van der Waals surface area contributed by atoms with Crippen molar-refractivity contribution in [3.63, 3.8) is 0 Å². The van der Waals surface area contributed by atoms with Crippen molar-refractivity contribution < 1.29 is 24.2 Å². The van der Waals surface area contributed by atoms with E-state index in [2.05, 4.69) is 10.3 Å². The fraction of sp³-hybridized carbons (Fsp3) is 0.190. The summed E-state index contributed by atoms with van der Waals surface area (Å²) in [4.78, 5) is 28.4. The predicted octanol–water partition coefficient (Wildman–Crippen LogP) is 3.75. The molecule has 0 saturated carbocycles. The summed E-state index contributed by atoms with van der Waals surface area (Å²) in [5.41, 5.74) is 2.39. The molecule has 2 aromatic carbocycles. The Kier molecular flexibility index (Phi) is 6.23. The Morgan fingerprint density at radius 1 is 1.24 bits per heavy atom. The van der Waals surface area contributed by atoms with Crippen LogP contribution in [0.2, 0.25) is 0 Å². The van der Waals surface area contributed by atoms with Crippen LogP contribution in [-0.4, -0.2) is 35.4 Å². The molecule has 8 heteroatoms. The van der Waals surface area contributed by atoms with Gasteiger partial charge in [0.15, 0.2) is 22.8 Å². The number of methoxy groups -OCH3 is 1. The zero-order valence-corrected chi connectivity index (χ0v) is 16.9. The van der Waals surface area contributed by atoms with Crippen molar-refractivity contribution in [2.24, 2.45) is 4.99 Å². The predicted molar refractivity (Wildman–Crippen MR) is 113 cm³/mol. The largest absolute Gasteiger partial charge is 0.493 e. The van der Waals surface area contributed by atoms with Gasteiger partial charge >= 0.3 is 5.97 Å². The Hall–Kier alpha value is -3.26. The van der Waals surface area contributed by atoms with Crippen LogP contribution in [0.5, 0.6) is 11.5 Å². The maximum atomic E-state index is 12.4. The second kappa shape index (κ2) is 8.83. The standard InChI is InChI=1S/C21H20N2O5S/c1-12-7-9-15(10-8-12)22-21-23-19(24)17(29-21)11-14-5-4-6-16(27-3)18(14)28-13(2)20(25)26/h4-11,13H,1-3H3,(H,25,26)(H,22,23,24)/b17-11-/t13-/m1/s1. The summed E-state index contributed by atoms with van der Waals surface area (Å²) in [6, 6.07) is 12.8. The van der Waals surface area contributed by atoms with Crippen molar-refractivity contribution in [2.45, 2.75) is 20.0 Å². The molecule has 0 unspecified atom stereocenters. The minimum atomic E-state index is -1.10. The molecule has 0 aromatic heterocycles. The van der Waals surface area contributed by atoms with Crippen LogP contribution in [0.1, 0.15) is 18.1 Å². The summed E-state index contributed by atoms with van der Waals surface area (Å²) in [6.45, 7) is 3.41. The SMILES string of the molecule is COc1cccc(/C=C2\SC(=Nc3ccc(C)cc3)NC2=O)c1O[C@H](C)C(=O)O. The zero-order valence-electron chi connectivity index (χ0n) is 16.1. The number of carbonyl (C=O) groups excluding carboxylic acids is 1. The van der Waals surface area contributed by atoms with Crippen molar-refractivity contribution in [3.8, 4) is 11.5 Å². The van der Waals surface area contributed by atoms with Crippen LogP contribution in [0.4, 0.5) is 5.69 Å². The lowest BCUT2D eigenvalue weighted by Crippen LogP contribution is -2.23. The minimum absolute atomic E-state index is 0.259. The van der Waals surface area contributed by atoms with Crippen LogP contribution >= 0.6 is 11.8 Å². The van der Waals surface area contributed by atoms with Gasteiger partial charge in [-0.25, -0.2) is 9.79 Å². The third kappa shape index (κ3) is 4.97. The summed E-state index contributed by atoms with van der Waals surface area (Å²) in [6.07, 6.45) is 0.552. The van der Waals surface area contributed by atoms with Gasteiger partial charge < -0.3 is 19.9 Å². The van der Waals surface area contributed by atoms with E-state index in [1.807, 2.05) is 31.2 Å². The van der Waals surface area contributed by atoms with Crippen molar-refractivity contribution >= 4 is 40.6 Å². The Labute approximate surface area is 172 Å². The van der Waals surface area contributed by atoms with Gasteiger partial charge in [-0.05, 0) is 49.9 Å². The Morgan fingerprint density at radius 2 is 1.97 bits per heavy atom. The van der Waals surface area contributed by atoms with Gasteiger partial charge in [0.05, 0.1) is 17.7 Å². The van der Waals surface area contributed by atoms with Gasteiger partial charge in [-0.1, -0.05) is 29.8 Å². The summed E-state index contributed by atoms with van der Waals surface area (Å²) >= 11 is 1.20.